The fraction of sp³-hybridized carbons (Fsp3) is 0.323. The van der Waals surface area contributed by atoms with Gasteiger partial charge in [-0.1, -0.05) is 48.0 Å². The molecule has 1 amide bonds. The maximum atomic E-state index is 15.3. The highest BCUT2D eigenvalue weighted by Crippen LogP contribution is 2.42. The van der Waals surface area contributed by atoms with Crippen LogP contribution in [-0.2, 0) is 11.3 Å². The Hall–Kier alpha value is -2.81. The minimum atomic E-state index is -0.953. The molecular formula is C31H33ClFN3O2S. The number of nitrogens with zero attached hydrogens (tertiary/aromatic N) is 1. The average molecular weight is 566 g/mol. The lowest BCUT2D eigenvalue weighted by Gasteiger charge is -2.39. The number of benzene rings is 3. The largest absolute Gasteiger partial charge is 0.373 e. The van der Waals surface area contributed by atoms with Gasteiger partial charge in [-0.2, -0.15) is 0 Å². The van der Waals surface area contributed by atoms with Crippen LogP contribution in [0.5, 0.6) is 0 Å². The lowest BCUT2D eigenvalue weighted by atomic mass is 9.89. The van der Waals surface area contributed by atoms with E-state index in [-0.39, 0.29) is 24.3 Å². The zero-order valence-corrected chi connectivity index (χ0v) is 23.7. The van der Waals surface area contributed by atoms with E-state index in [1.807, 2.05) is 66.5 Å². The number of aliphatic hydroxyl groups is 1. The van der Waals surface area contributed by atoms with Crippen LogP contribution in [0.4, 0.5) is 10.1 Å². The van der Waals surface area contributed by atoms with E-state index < -0.39 is 6.23 Å². The van der Waals surface area contributed by atoms with Crippen LogP contribution >= 0.6 is 22.9 Å². The van der Waals surface area contributed by atoms with Crippen molar-refractivity contribution in [3.05, 3.63) is 88.0 Å². The van der Waals surface area contributed by atoms with Crippen LogP contribution in [0.2, 0.25) is 5.02 Å². The molecule has 204 valence electrons. The van der Waals surface area contributed by atoms with Gasteiger partial charge in [0.1, 0.15) is 12.0 Å². The number of carbonyl (C=O) groups is 1. The van der Waals surface area contributed by atoms with Crippen LogP contribution in [0, 0.1) is 5.82 Å². The third kappa shape index (κ3) is 6.18. The number of hydrogen-bond acceptors (Lipinski definition) is 5. The third-order valence-corrected chi connectivity index (χ3v) is 9.35. The van der Waals surface area contributed by atoms with Crippen molar-refractivity contribution in [2.45, 2.75) is 57.5 Å². The standard InChI is InChI=1S/C31H33ClFN3O2S/c1-19(37)35-24-10-7-20(8-11-24)21-9-16-27(33)22(17-21)18-36(25-14-12-23(34-2)13-15-25)31(38)30-29(32)26-5-3-4-6-28(26)39-30/h3-11,16-17,23,25,31,34,38H,12-15,18H2,1-2H3,(H,35,37). The van der Waals surface area contributed by atoms with Crippen LogP contribution in [-0.4, -0.2) is 35.0 Å². The van der Waals surface area contributed by atoms with Crippen molar-refractivity contribution in [3.63, 3.8) is 0 Å². The van der Waals surface area contributed by atoms with Gasteiger partial charge in [0, 0.05) is 46.9 Å². The number of hydrogen-bond donors (Lipinski definition) is 3. The first-order valence-electron chi connectivity index (χ1n) is 13.3. The molecule has 3 N–H and O–H groups in total. The van der Waals surface area contributed by atoms with Crippen LogP contribution < -0.4 is 10.6 Å². The number of nitrogens with one attached hydrogen (secondary N) is 2. The summed E-state index contributed by atoms with van der Waals surface area (Å²) in [4.78, 5) is 14.1. The Labute approximate surface area is 237 Å². The fourth-order valence-electron chi connectivity index (χ4n) is 5.48. The summed E-state index contributed by atoms with van der Waals surface area (Å²) < 4.78 is 16.3. The summed E-state index contributed by atoms with van der Waals surface area (Å²) in [6.45, 7) is 1.72. The van der Waals surface area contributed by atoms with Crippen LogP contribution in [0.1, 0.15) is 49.3 Å². The van der Waals surface area contributed by atoms with E-state index in [2.05, 4.69) is 10.6 Å². The molecule has 5 nitrogen and oxygen atoms in total. The normalized spacial score (nSPS) is 18.4. The molecule has 1 aliphatic carbocycles. The van der Waals surface area contributed by atoms with Gasteiger partial charge in [-0.05, 0) is 74.2 Å². The highest BCUT2D eigenvalue weighted by atomic mass is 35.5. The predicted molar refractivity (Wildman–Crippen MR) is 159 cm³/mol. The molecule has 1 heterocycles. The van der Waals surface area contributed by atoms with Gasteiger partial charge < -0.3 is 15.7 Å². The smallest absolute Gasteiger partial charge is 0.221 e. The number of rotatable bonds is 8. The first-order valence-corrected chi connectivity index (χ1v) is 14.5. The van der Waals surface area contributed by atoms with Gasteiger partial charge >= 0.3 is 0 Å². The van der Waals surface area contributed by atoms with Crippen molar-refractivity contribution in [1.82, 2.24) is 10.2 Å². The number of fused-ring (bicyclic) bond motifs is 1. The summed E-state index contributed by atoms with van der Waals surface area (Å²) in [6.07, 6.45) is 2.83. The molecule has 8 heteroatoms. The monoisotopic (exact) mass is 565 g/mol. The predicted octanol–water partition coefficient (Wildman–Crippen LogP) is 7.34. The number of carbonyl (C=O) groups excluding carboxylic acids is 1. The second kappa shape index (κ2) is 12.1. The molecule has 0 saturated heterocycles. The summed E-state index contributed by atoms with van der Waals surface area (Å²) in [5.74, 6) is -0.440. The number of amides is 1. The van der Waals surface area contributed by atoms with Crippen molar-refractivity contribution >= 4 is 44.6 Å². The second-order valence-electron chi connectivity index (χ2n) is 10.2. The Balaban J connectivity index is 1.46. The molecule has 1 unspecified atom stereocenters. The summed E-state index contributed by atoms with van der Waals surface area (Å²) in [7, 11) is 1.98. The second-order valence-corrected chi connectivity index (χ2v) is 11.6. The van der Waals surface area contributed by atoms with E-state index in [1.54, 1.807) is 6.07 Å². The van der Waals surface area contributed by atoms with Crippen LogP contribution in [0.3, 0.4) is 0 Å². The van der Waals surface area contributed by atoms with Crippen LogP contribution in [0.15, 0.2) is 66.7 Å². The minimum Gasteiger partial charge on any atom is -0.373 e. The Kier molecular flexibility index (Phi) is 8.64. The molecule has 1 saturated carbocycles. The summed E-state index contributed by atoms with van der Waals surface area (Å²) in [5.41, 5.74) is 3.01. The molecule has 1 aromatic heterocycles. The van der Waals surface area contributed by atoms with Gasteiger partial charge in [0.05, 0.1) is 9.90 Å². The Morgan fingerprint density at radius 3 is 2.44 bits per heavy atom. The summed E-state index contributed by atoms with van der Waals surface area (Å²) >= 11 is 8.27. The van der Waals surface area contributed by atoms with E-state index in [9.17, 15) is 9.90 Å². The third-order valence-electron chi connectivity index (χ3n) is 7.62. The lowest BCUT2D eigenvalue weighted by Crippen LogP contribution is -2.43. The molecule has 3 aromatic carbocycles. The zero-order valence-electron chi connectivity index (χ0n) is 22.1. The number of halogens is 2. The molecule has 5 rings (SSSR count). The van der Waals surface area contributed by atoms with Gasteiger partial charge in [-0.15, -0.1) is 11.3 Å². The zero-order chi connectivity index (χ0) is 27.5. The topological polar surface area (TPSA) is 64.6 Å². The molecule has 0 spiro atoms. The molecule has 39 heavy (non-hydrogen) atoms. The first kappa shape index (κ1) is 27.7. The molecule has 1 aliphatic rings. The molecule has 0 aliphatic heterocycles. The summed E-state index contributed by atoms with van der Waals surface area (Å²) in [6, 6.07) is 21.0. The maximum absolute atomic E-state index is 15.3. The van der Waals surface area contributed by atoms with Gasteiger partial charge in [0.2, 0.25) is 5.91 Å². The Bertz CT molecular complexity index is 1450. The SMILES string of the molecule is CNC1CCC(N(Cc2cc(-c3ccc(NC(C)=O)cc3)ccc2F)C(O)c2sc3ccccc3c2Cl)CC1. The fourth-order valence-corrected chi connectivity index (χ4v) is 7.02. The minimum absolute atomic E-state index is 0.0888. The molecule has 1 fully saturated rings. The average Bonchev–Trinajstić information content (AvgIpc) is 3.29. The van der Waals surface area contributed by atoms with E-state index >= 15 is 4.39 Å². The van der Waals surface area contributed by atoms with E-state index in [1.165, 1.54) is 24.3 Å². The van der Waals surface area contributed by atoms with Gasteiger partial charge in [0.25, 0.3) is 0 Å². The molecule has 0 radical (unpaired) electrons. The quantitative estimate of drug-likeness (QED) is 0.196. The molecule has 4 aromatic rings. The van der Waals surface area contributed by atoms with Gasteiger partial charge in [0.15, 0.2) is 0 Å². The Morgan fingerprint density at radius 1 is 1.08 bits per heavy atom. The van der Waals surface area contributed by atoms with Crippen molar-refractivity contribution in [1.29, 1.82) is 0 Å². The molecular weight excluding hydrogens is 533 g/mol. The van der Waals surface area contributed by atoms with E-state index in [0.29, 0.717) is 27.2 Å². The number of aliphatic hydroxyl groups excluding tert-OH is 1. The van der Waals surface area contributed by atoms with Crippen molar-refractivity contribution < 1.29 is 14.3 Å². The van der Waals surface area contributed by atoms with Crippen molar-refractivity contribution in [2.24, 2.45) is 0 Å². The number of thiophene rings is 1. The molecule has 0 bridgehead atoms. The molecule has 1 atom stereocenters. The summed E-state index contributed by atoms with van der Waals surface area (Å²) in [5, 5.41) is 19.4. The van der Waals surface area contributed by atoms with Gasteiger partial charge in [-0.3, -0.25) is 9.69 Å². The highest BCUT2D eigenvalue weighted by Gasteiger charge is 2.33. The van der Waals surface area contributed by atoms with E-state index in [0.717, 1.165) is 46.9 Å². The highest BCUT2D eigenvalue weighted by molar-refractivity contribution is 7.19. The van der Waals surface area contributed by atoms with E-state index in [4.69, 9.17) is 11.6 Å². The van der Waals surface area contributed by atoms with Gasteiger partial charge in [-0.25, -0.2) is 4.39 Å². The lowest BCUT2D eigenvalue weighted by molar-refractivity contribution is -0.114. The van der Waals surface area contributed by atoms with Crippen molar-refractivity contribution in [2.75, 3.05) is 12.4 Å². The first-order chi connectivity index (χ1) is 18.8. The van der Waals surface area contributed by atoms with Crippen molar-refractivity contribution in [3.8, 4) is 11.1 Å². The Morgan fingerprint density at radius 2 is 1.77 bits per heavy atom. The maximum Gasteiger partial charge on any atom is 0.221 e. The van der Waals surface area contributed by atoms with Crippen LogP contribution in [0.25, 0.3) is 21.2 Å². The number of anilines is 1.